The number of nitrogens with zero attached hydrogens (tertiary/aromatic N) is 2. The Hall–Kier alpha value is -0.950. The maximum Gasteiger partial charge on any atom is 0.225 e. The maximum atomic E-state index is 8.59. The van der Waals surface area contributed by atoms with Crippen LogP contribution in [0.5, 0.6) is 0 Å². The minimum Gasteiger partial charge on any atom is -0.394 e. The van der Waals surface area contributed by atoms with Crippen molar-refractivity contribution in [1.29, 1.82) is 0 Å². The highest BCUT2D eigenvalue weighted by atomic mass is 35.5. The molecule has 2 N–H and O–H groups in total. The standard InChI is InChI=1S/C11H14ClN3O2S/c1-7-6-18-10-8(7)9(14-11(12)15-10)13-2-4-17-5-3-16/h6,16H,2-5H2,1H3,(H,13,14,15). The van der Waals surface area contributed by atoms with Crippen LogP contribution >= 0.6 is 22.9 Å². The molecule has 0 aliphatic carbocycles. The van der Waals surface area contributed by atoms with Gasteiger partial charge in [0, 0.05) is 6.54 Å². The third-order valence-electron chi connectivity index (χ3n) is 2.36. The van der Waals surface area contributed by atoms with E-state index in [-0.39, 0.29) is 11.9 Å². The van der Waals surface area contributed by atoms with Crippen molar-refractivity contribution in [3.05, 3.63) is 16.2 Å². The highest BCUT2D eigenvalue weighted by Gasteiger charge is 2.10. The van der Waals surface area contributed by atoms with Crippen LogP contribution < -0.4 is 5.32 Å². The van der Waals surface area contributed by atoms with Crippen molar-refractivity contribution in [1.82, 2.24) is 9.97 Å². The van der Waals surface area contributed by atoms with E-state index in [0.717, 1.165) is 21.6 Å². The molecular formula is C11H14ClN3O2S. The molecule has 5 nitrogen and oxygen atoms in total. The van der Waals surface area contributed by atoms with Crippen molar-refractivity contribution < 1.29 is 9.84 Å². The molecular weight excluding hydrogens is 274 g/mol. The number of nitrogens with one attached hydrogen (secondary N) is 1. The predicted octanol–water partition coefficient (Wildman–Crippen LogP) is 2.07. The van der Waals surface area contributed by atoms with E-state index in [1.54, 1.807) is 11.3 Å². The number of rotatable bonds is 6. The molecule has 0 bridgehead atoms. The number of hydrogen-bond donors (Lipinski definition) is 2. The molecule has 0 atom stereocenters. The second kappa shape index (κ2) is 6.29. The summed E-state index contributed by atoms with van der Waals surface area (Å²) in [6.07, 6.45) is 0. The van der Waals surface area contributed by atoms with Gasteiger partial charge in [-0.2, -0.15) is 0 Å². The molecule has 0 saturated carbocycles. The summed E-state index contributed by atoms with van der Waals surface area (Å²) in [6.45, 7) is 3.51. The molecule has 18 heavy (non-hydrogen) atoms. The van der Waals surface area contributed by atoms with Gasteiger partial charge < -0.3 is 15.2 Å². The number of halogens is 1. The summed E-state index contributed by atoms with van der Waals surface area (Å²) >= 11 is 7.43. The van der Waals surface area contributed by atoms with Crippen molar-refractivity contribution in [3.63, 3.8) is 0 Å². The SMILES string of the molecule is Cc1csc2nc(Cl)nc(NCCOCCO)c12. The number of hydrogen-bond acceptors (Lipinski definition) is 6. The van der Waals surface area contributed by atoms with E-state index < -0.39 is 0 Å². The first-order chi connectivity index (χ1) is 8.72. The van der Waals surface area contributed by atoms with Crippen LogP contribution in [0.2, 0.25) is 5.28 Å². The third kappa shape index (κ3) is 3.08. The number of aryl methyl sites for hydroxylation is 1. The van der Waals surface area contributed by atoms with Crippen LogP contribution in [0.4, 0.5) is 5.82 Å². The Morgan fingerprint density at radius 1 is 1.44 bits per heavy atom. The van der Waals surface area contributed by atoms with Crippen LogP contribution in [-0.4, -0.2) is 41.4 Å². The van der Waals surface area contributed by atoms with Crippen LogP contribution in [0.25, 0.3) is 10.2 Å². The lowest BCUT2D eigenvalue weighted by Gasteiger charge is -2.08. The highest BCUT2D eigenvalue weighted by molar-refractivity contribution is 7.17. The fourth-order valence-electron chi connectivity index (χ4n) is 1.59. The van der Waals surface area contributed by atoms with Gasteiger partial charge in [-0.3, -0.25) is 0 Å². The molecule has 0 spiro atoms. The predicted molar refractivity (Wildman–Crippen MR) is 73.6 cm³/mol. The summed E-state index contributed by atoms with van der Waals surface area (Å²) in [6, 6.07) is 0. The third-order valence-corrected chi connectivity index (χ3v) is 3.52. The van der Waals surface area contributed by atoms with Crippen LogP contribution in [0.15, 0.2) is 5.38 Å². The second-order valence-electron chi connectivity index (χ2n) is 3.70. The molecule has 0 radical (unpaired) electrons. The first kappa shape index (κ1) is 13.5. The number of thiophene rings is 1. The topological polar surface area (TPSA) is 67.3 Å². The molecule has 0 fully saturated rings. The Bertz CT molecular complexity index is 532. The second-order valence-corrected chi connectivity index (χ2v) is 4.90. The van der Waals surface area contributed by atoms with Crippen LogP contribution in [0.1, 0.15) is 5.56 Å². The molecule has 7 heteroatoms. The maximum absolute atomic E-state index is 8.59. The average Bonchev–Trinajstić information content (AvgIpc) is 2.70. The molecule has 2 rings (SSSR count). The summed E-state index contributed by atoms with van der Waals surface area (Å²) in [5, 5.41) is 15.0. The molecule has 0 aliphatic heterocycles. The molecule has 0 saturated heterocycles. The number of ether oxygens (including phenoxy) is 1. The van der Waals surface area contributed by atoms with Crippen LogP contribution in [-0.2, 0) is 4.74 Å². The zero-order chi connectivity index (χ0) is 13.0. The largest absolute Gasteiger partial charge is 0.394 e. The first-order valence-electron chi connectivity index (χ1n) is 5.56. The minimum absolute atomic E-state index is 0.0349. The van der Waals surface area contributed by atoms with Gasteiger partial charge in [-0.1, -0.05) is 0 Å². The summed E-state index contributed by atoms with van der Waals surface area (Å²) in [4.78, 5) is 9.26. The van der Waals surface area contributed by atoms with Gasteiger partial charge in [-0.05, 0) is 29.5 Å². The molecule has 98 valence electrons. The number of anilines is 1. The lowest BCUT2D eigenvalue weighted by molar-refractivity contribution is 0.0992. The summed E-state index contributed by atoms with van der Waals surface area (Å²) < 4.78 is 5.17. The van der Waals surface area contributed by atoms with Gasteiger partial charge in [-0.25, -0.2) is 9.97 Å². The quantitative estimate of drug-likeness (QED) is 0.629. The van der Waals surface area contributed by atoms with Crippen molar-refractivity contribution in [3.8, 4) is 0 Å². The summed E-state index contributed by atoms with van der Waals surface area (Å²) in [7, 11) is 0. The first-order valence-corrected chi connectivity index (χ1v) is 6.82. The Labute approximate surface area is 114 Å². The van der Waals surface area contributed by atoms with E-state index in [1.807, 2.05) is 12.3 Å². The van der Waals surface area contributed by atoms with Crippen molar-refractivity contribution in [2.24, 2.45) is 0 Å². The molecule has 2 aromatic heterocycles. The van der Waals surface area contributed by atoms with E-state index in [9.17, 15) is 0 Å². The molecule has 0 unspecified atom stereocenters. The molecule has 0 amide bonds. The van der Waals surface area contributed by atoms with Gasteiger partial charge >= 0.3 is 0 Å². The Morgan fingerprint density at radius 3 is 3.06 bits per heavy atom. The van der Waals surface area contributed by atoms with E-state index in [4.69, 9.17) is 21.4 Å². The van der Waals surface area contributed by atoms with Crippen LogP contribution in [0.3, 0.4) is 0 Å². The van der Waals surface area contributed by atoms with E-state index in [2.05, 4.69) is 15.3 Å². The number of aromatic nitrogens is 2. The van der Waals surface area contributed by atoms with E-state index in [1.165, 1.54) is 0 Å². The van der Waals surface area contributed by atoms with Gasteiger partial charge in [0.1, 0.15) is 10.6 Å². The van der Waals surface area contributed by atoms with Gasteiger partial charge in [0.15, 0.2) is 0 Å². The van der Waals surface area contributed by atoms with Gasteiger partial charge in [0.2, 0.25) is 5.28 Å². The monoisotopic (exact) mass is 287 g/mol. The zero-order valence-corrected chi connectivity index (χ0v) is 11.5. The van der Waals surface area contributed by atoms with Crippen molar-refractivity contribution in [2.45, 2.75) is 6.92 Å². The summed E-state index contributed by atoms with van der Waals surface area (Å²) in [5.74, 6) is 0.733. The Balaban J connectivity index is 2.09. The molecule has 0 aromatic carbocycles. The Kier molecular flexibility index (Phi) is 4.71. The highest BCUT2D eigenvalue weighted by Crippen LogP contribution is 2.30. The normalized spacial score (nSPS) is 11.1. The molecule has 0 aliphatic rings. The fraction of sp³-hybridized carbons (Fsp3) is 0.455. The molecule has 2 heterocycles. The number of aliphatic hydroxyl groups is 1. The van der Waals surface area contributed by atoms with Crippen molar-refractivity contribution in [2.75, 3.05) is 31.7 Å². The smallest absolute Gasteiger partial charge is 0.225 e. The van der Waals surface area contributed by atoms with Gasteiger partial charge in [0.25, 0.3) is 0 Å². The minimum atomic E-state index is 0.0349. The lowest BCUT2D eigenvalue weighted by atomic mass is 10.2. The van der Waals surface area contributed by atoms with Crippen LogP contribution in [0, 0.1) is 6.92 Å². The zero-order valence-electron chi connectivity index (χ0n) is 9.94. The lowest BCUT2D eigenvalue weighted by Crippen LogP contribution is -2.12. The summed E-state index contributed by atoms with van der Waals surface area (Å²) in [5.41, 5.74) is 1.13. The Morgan fingerprint density at radius 2 is 2.28 bits per heavy atom. The average molecular weight is 288 g/mol. The molecule has 2 aromatic rings. The van der Waals surface area contributed by atoms with E-state index >= 15 is 0 Å². The van der Waals surface area contributed by atoms with Crippen molar-refractivity contribution >= 4 is 39.0 Å². The van der Waals surface area contributed by atoms with Gasteiger partial charge in [-0.15, -0.1) is 11.3 Å². The number of fused-ring (bicyclic) bond motifs is 1. The fourth-order valence-corrected chi connectivity index (χ4v) is 2.73. The van der Waals surface area contributed by atoms with E-state index in [0.29, 0.717) is 19.8 Å². The number of aliphatic hydroxyl groups excluding tert-OH is 1. The van der Waals surface area contributed by atoms with Gasteiger partial charge in [0.05, 0.1) is 25.2 Å².